The van der Waals surface area contributed by atoms with Crippen LogP contribution in [0.25, 0.3) is 0 Å². The van der Waals surface area contributed by atoms with Gasteiger partial charge in [-0.2, -0.15) is 0 Å². The second kappa shape index (κ2) is 8.78. The molecule has 4 rings (SSSR count). The van der Waals surface area contributed by atoms with Gasteiger partial charge in [-0.25, -0.2) is 4.39 Å². The number of carbonyl (C=O) groups is 2. The molecular formula is C24H21FN2O3. The quantitative estimate of drug-likeness (QED) is 0.675. The van der Waals surface area contributed by atoms with Gasteiger partial charge in [0.25, 0.3) is 11.8 Å². The summed E-state index contributed by atoms with van der Waals surface area (Å²) in [6.45, 7) is 0.947. The first kappa shape index (κ1) is 19.6. The SMILES string of the molecule is O=C(COc1cccc2c1CCN(Cc1ccccc1)C2=O)Nc1ccc(F)cc1. The Balaban J connectivity index is 1.41. The van der Waals surface area contributed by atoms with E-state index in [1.165, 1.54) is 24.3 Å². The van der Waals surface area contributed by atoms with E-state index >= 15 is 0 Å². The molecule has 3 aromatic carbocycles. The Kier molecular flexibility index (Phi) is 5.75. The first-order chi connectivity index (χ1) is 14.6. The minimum atomic E-state index is -0.369. The van der Waals surface area contributed by atoms with E-state index in [1.54, 1.807) is 18.2 Å². The number of rotatable bonds is 6. The summed E-state index contributed by atoms with van der Waals surface area (Å²) >= 11 is 0. The third-order valence-electron chi connectivity index (χ3n) is 4.99. The molecule has 0 fully saturated rings. The first-order valence-electron chi connectivity index (χ1n) is 9.73. The predicted octanol–water partition coefficient (Wildman–Crippen LogP) is 4.04. The summed E-state index contributed by atoms with van der Waals surface area (Å²) in [6.07, 6.45) is 0.656. The number of carbonyl (C=O) groups excluding carboxylic acids is 2. The Morgan fingerprint density at radius 2 is 1.77 bits per heavy atom. The third-order valence-corrected chi connectivity index (χ3v) is 4.99. The highest BCUT2D eigenvalue weighted by Crippen LogP contribution is 2.28. The normalized spacial score (nSPS) is 13.0. The van der Waals surface area contributed by atoms with Crippen molar-refractivity contribution < 1.29 is 18.7 Å². The van der Waals surface area contributed by atoms with Crippen molar-refractivity contribution in [2.45, 2.75) is 13.0 Å². The van der Waals surface area contributed by atoms with Gasteiger partial charge in [-0.3, -0.25) is 9.59 Å². The molecule has 0 aliphatic carbocycles. The molecule has 1 aliphatic heterocycles. The Bertz CT molecular complexity index is 1050. The lowest BCUT2D eigenvalue weighted by Gasteiger charge is -2.29. The summed E-state index contributed by atoms with van der Waals surface area (Å²) in [5.74, 6) is -0.228. The fraction of sp³-hybridized carbons (Fsp3) is 0.167. The molecule has 1 heterocycles. The number of nitrogens with zero attached hydrogens (tertiary/aromatic N) is 1. The number of hydrogen-bond acceptors (Lipinski definition) is 3. The van der Waals surface area contributed by atoms with Crippen LogP contribution in [0.3, 0.4) is 0 Å². The van der Waals surface area contributed by atoms with Gasteiger partial charge in [-0.1, -0.05) is 36.4 Å². The van der Waals surface area contributed by atoms with Crippen molar-refractivity contribution in [3.63, 3.8) is 0 Å². The van der Waals surface area contributed by atoms with E-state index in [2.05, 4.69) is 5.32 Å². The molecule has 152 valence electrons. The van der Waals surface area contributed by atoms with E-state index in [9.17, 15) is 14.0 Å². The zero-order valence-electron chi connectivity index (χ0n) is 16.3. The van der Waals surface area contributed by atoms with Crippen LogP contribution in [0.2, 0.25) is 0 Å². The lowest BCUT2D eigenvalue weighted by molar-refractivity contribution is -0.118. The van der Waals surface area contributed by atoms with Gasteiger partial charge in [0.05, 0.1) is 0 Å². The van der Waals surface area contributed by atoms with E-state index in [0.29, 0.717) is 36.5 Å². The maximum Gasteiger partial charge on any atom is 0.262 e. The molecule has 0 bridgehead atoms. The van der Waals surface area contributed by atoms with Gasteiger partial charge >= 0.3 is 0 Å². The van der Waals surface area contributed by atoms with Crippen molar-refractivity contribution in [3.8, 4) is 5.75 Å². The number of anilines is 1. The lowest BCUT2D eigenvalue weighted by atomic mass is 9.97. The summed E-state index contributed by atoms with van der Waals surface area (Å²) in [5.41, 5.74) is 3.00. The van der Waals surface area contributed by atoms with E-state index in [0.717, 1.165) is 11.1 Å². The Hall–Kier alpha value is -3.67. The Labute approximate surface area is 174 Å². The van der Waals surface area contributed by atoms with Crippen molar-refractivity contribution in [2.75, 3.05) is 18.5 Å². The maximum absolute atomic E-state index is 13.0. The number of nitrogens with one attached hydrogen (secondary N) is 1. The number of amides is 2. The average Bonchev–Trinajstić information content (AvgIpc) is 2.77. The zero-order valence-corrected chi connectivity index (χ0v) is 16.3. The fourth-order valence-corrected chi connectivity index (χ4v) is 3.51. The molecule has 30 heavy (non-hydrogen) atoms. The van der Waals surface area contributed by atoms with Crippen LogP contribution in [0.15, 0.2) is 72.8 Å². The third kappa shape index (κ3) is 4.49. The van der Waals surface area contributed by atoms with E-state index in [4.69, 9.17) is 4.74 Å². The van der Waals surface area contributed by atoms with Crippen LogP contribution in [0.4, 0.5) is 10.1 Å². The standard InChI is InChI=1S/C24H21FN2O3/c25-18-9-11-19(12-10-18)26-23(28)16-30-22-8-4-7-21-20(22)13-14-27(24(21)29)15-17-5-2-1-3-6-17/h1-12H,13-16H2,(H,26,28). The molecule has 6 heteroatoms. The molecule has 1 aliphatic rings. The van der Waals surface area contributed by atoms with Crippen LogP contribution in [0.5, 0.6) is 5.75 Å². The summed E-state index contributed by atoms with van der Waals surface area (Å²) < 4.78 is 18.7. The molecule has 0 spiro atoms. The van der Waals surface area contributed by atoms with Crippen molar-refractivity contribution in [2.24, 2.45) is 0 Å². The molecule has 0 unspecified atom stereocenters. The molecule has 3 aromatic rings. The van der Waals surface area contributed by atoms with Crippen molar-refractivity contribution in [3.05, 3.63) is 95.3 Å². The molecule has 0 saturated carbocycles. The number of benzene rings is 3. The highest BCUT2D eigenvalue weighted by Gasteiger charge is 2.26. The van der Waals surface area contributed by atoms with Gasteiger partial charge in [-0.05, 0) is 48.4 Å². The number of halogens is 1. The van der Waals surface area contributed by atoms with Gasteiger partial charge < -0.3 is 15.0 Å². The maximum atomic E-state index is 13.0. The highest BCUT2D eigenvalue weighted by atomic mass is 19.1. The van der Waals surface area contributed by atoms with E-state index in [-0.39, 0.29) is 24.2 Å². The van der Waals surface area contributed by atoms with Crippen LogP contribution in [-0.2, 0) is 17.8 Å². The number of ether oxygens (including phenoxy) is 1. The molecule has 0 aromatic heterocycles. The topological polar surface area (TPSA) is 58.6 Å². The molecule has 0 saturated heterocycles. The first-order valence-corrected chi connectivity index (χ1v) is 9.73. The summed E-state index contributed by atoms with van der Waals surface area (Å²) in [6, 6.07) is 20.7. The zero-order chi connectivity index (χ0) is 20.9. The van der Waals surface area contributed by atoms with Crippen LogP contribution in [-0.4, -0.2) is 29.9 Å². The summed E-state index contributed by atoms with van der Waals surface area (Å²) in [4.78, 5) is 26.9. The second-order valence-corrected chi connectivity index (χ2v) is 7.09. The van der Waals surface area contributed by atoms with Crippen molar-refractivity contribution in [1.82, 2.24) is 4.90 Å². The van der Waals surface area contributed by atoms with Gasteiger partial charge in [-0.15, -0.1) is 0 Å². The van der Waals surface area contributed by atoms with Gasteiger partial charge in [0.15, 0.2) is 6.61 Å². The van der Waals surface area contributed by atoms with Gasteiger partial charge in [0.2, 0.25) is 0 Å². The molecule has 0 atom stereocenters. The Morgan fingerprint density at radius 1 is 1.00 bits per heavy atom. The number of fused-ring (bicyclic) bond motifs is 1. The fourth-order valence-electron chi connectivity index (χ4n) is 3.51. The number of hydrogen-bond donors (Lipinski definition) is 1. The minimum absolute atomic E-state index is 0.0404. The highest BCUT2D eigenvalue weighted by molar-refractivity contribution is 5.97. The summed E-state index contributed by atoms with van der Waals surface area (Å²) in [5, 5.41) is 2.66. The van der Waals surface area contributed by atoms with Crippen LogP contribution in [0.1, 0.15) is 21.5 Å². The monoisotopic (exact) mass is 404 g/mol. The van der Waals surface area contributed by atoms with E-state index in [1.807, 2.05) is 35.2 Å². The predicted molar refractivity (Wildman–Crippen MR) is 112 cm³/mol. The van der Waals surface area contributed by atoms with Gasteiger partial charge in [0.1, 0.15) is 11.6 Å². The van der Waals surface area contributed by atoms with Crippen LogP contribution >= 0.6 is 0 Å². The van der Waals surface area contributed by atoms with Gasteiger partial charge in [0, 0.05) is 29.9 Å². The van der Waals surface area contributed by atoms with Crippen LogP contribution in [0, 0.1) is 5.82 Å². The molecular weight excluding hydrogens is 383 g/mol. The lowest BCUT2D eigenvalue weighted by Crippen LogP contribution is -2.37. The van der Waals surface area contributed by atoms with Crippen molar-refractivity contribution >= 4 is 17.5 Å². The van der Waals surface area contributed by atoms with Crippen LogP contribution < -0.4 is 10.1 Å². The molecule has 0 radical (unpaired) electrons. The average molecular weight is 404 g/mol. The Morgan fingerprint density at radius 3 is 2.53 bits per heavy atom. The summed E-state index contributed by atoms with van der Waals surface area (Å²) in [7, 11) is 0. The smallest absolute Gasteiger partial charge is 0.262 e. The second-order valence-electron chi connectivity index (χ2n) is 7.09. The molecule has 2 amide bonds. The molecule has 1 N–H and O–H groups in total. The molecule has 5 nitrogen and oxygen atoms in total. The van der Waals surface area contributed by atoms with Crippen molar-refractivity contribution in [1.29, 1.82) is 0 Å². The minimum Gasteiger partial charge on any atom is -0.483 e. The van der Waals surface area contributed by atoms with E-state index < -0.39 is 0 Å². The largest absolute Gasteiger partial charge is 0.483 e.